The average molecular weight is 1020 g/mol. The Morgan fingerprint density at radius 2 is 0.987 bits per heavy atom. The lowest BCUT2D eigenvalue weighted by Gasteiger charge is -2.49. The quantitative estimate of drug-likeness (QED) is 0.176. The third kappa shape index (κ3) is 5.76. The van der Waals surface area contributed by atoms with Gasteiger partial charge in [0.05, 0.1) is 38.9 Å². The van der Waals surface area contributed by atoms with Gasteiger partial charge in [0, 0.05) is 53.0 Å². The van der Waals surface area contributed by atoms with Crippen LogP contribution in [0.5, 0.6) is 0 Å². The van der Waals surface area contributed by atoms with Crippen LogP contribution in [0.25, 0.3) is 120 Å². The fourth-order valence-electron chi connectivity index (χ4n) is 14.0. The second kappa shape index (κ2) is 15.9. The molecule has 12 aromatic carbocycles. The van der Waals surface area contributed by atoms with Crippen LogP contribution in [0.4, 0.5) is 17.1 Å². The third-order valence-corrected chi connectivity index (χ3v) is 18.3. The molecule has 4 aromatic heterocycles. The van der Waals surface area contributed by atoms with Crippen LogP contribution in [0.1, 0.15) is 22.3 Å². The van der Waals surface area contributed by atoms with E-state index in [0.717, 1.165) is 77.0 Å². The lowest BCUT2D eigenvalue weighted by molar-refractivity contribution is 0.737. The molecule has 16 aromatic rings. The van der Waals surface area contributed by atoms with E-state index >= 15 is 0 Å². The Bertz CT molecular complexity index is 5290. The van der Waals surface area contributed by atoms with Gasteiger partial charge in [0.2, 0.25) is 11.9 Å². The van der Waals surface area contributed by atoms with Gasteiger partial charge < -0.3 is 4.90 Å². The zero-order valence-corrected chi connectivity index (χ0v) is 43.2. The van der Waals surface area contributed by atoms with Gasteiger partial charge in [0.25, 0.3) is 0 Å². The number of rotatable bonds is 4. The van der Waals surface area contributed by atoms with Crippen molar-refractivity contribution in [3.05, 3.63) is 277 Å². The SMILES string of the molecule is c1ccc(N2c3ccccc3C3(c4ccccc4-c4cccc5cccc3c45)c3cc4c5ccccc5n(-c5nc(-c6ccc7ccccc7c6)nc(-n6c7ccccc7c7ccc8sc9ccccc9c8c76)n5)c4cc32)cc1. The first-order chi connectivity index (χ1) is 39.2. The number of anilines is 3. The van der Waals surface area contributed by atoms with E-state index in [4.69, 9.17) is 15.0 Å². The van der Waals surface area contributed by atoms with Crippen LogP contribution < -0.4 is 4.90 Å². The molecule has 0 fully saturated rings. The zero-order valence-electron chi connectivity index (χ0n) is 42.3. The number of hydrogen-bond donors (Lipinski definition) is 0. The van der Waals surface area contributed by atoms with E-state index in [2.05, 4.69) is 269 Å². The lowest BCUT2D eigenvalue weighted by atomic mass is 9.57. The van der Waals surface area contributed by atoms with Crippen LogP contribution in [-0.4, -0.2) is 24.1 Å². The molecular formula is C72H42N6S. The number of nitrogens with zero attached hydrogens (tertiary/aromatic N) is 6. The summed E-state index contributed by atoms with van der Waals surface area (Å²) in [6.07, 6.45) is 0. The minimum Gasteiger partial charge on any atom is -0.310 e. The summed E-state index contributed by atoms with van der Waals surface area (Å²) in [4.78, 5) is 19.5. The van der Waals surface area contributed by atoms with E-state index in [0.29, 0.717) is 17.7 Å². The molecule has 0 saturated carbocycles. The molecule has 1 spiro atoms. The van der Waals surface area contributed by atoms with E-state index < -0.39 is 5.41 Å². The van der Waals surface area contributed by atoms with Crippen molar-refractivity contribution in [1.29, 1.82) is 0 Å². The highest BCUT2D eigenvalue weighted by Crippen LogP contribution is 2.63. The van der Waals surface area contributed by atoms with Gasteiger partial charge in [-0.2, -0.15) is 15.0 Å². The van der Waals surface area contributed by atoms with Gasteiger partial charge in [-0.15, -0.1) is 11.3 Å². The summed E-state index contributed by atoms with van der Waals surface area (Å²) in [5, 5.41) is 11.7. The van der Waals surface area contributed by atoms with Crippen molar-refractivity contribution in [1.82, 2.24) is 24.1 Å². The van der Waals surface area contributed by atoms with Crippen molar-refractivity contribution in [2.45, 2.75) is 5.41 Å². The maximum atomic E-state index is 5.76. The Labute approximate surface area is 457 Å². The summed E-state index contributed by atoms with van der Waals surface area (Å²) in [6, 6.07) is 93.5. The summed E-state index contributed by atoms with van der Waals surface area (Å²) in [6.45, 7) is 0. The fraction of sp³-hybridized carbons (Fsp3) is 0.0139. The second-order valence-corrected chi connectivity index (χ2v) is 22.1. The topological polar surface area (TPSA) is 51.8 Å². The Morgan fingerprint density at radius 3 is 1.85 bits per heavy atom. The molecule has 366 valence electrons. The molecule has 2 aliphatic rings. The molecule has 6 nitrogen and oxygen atoms in total. The van der Waals surface area contributed by atoms with Crippen LogP contribution in [-0.2, 0) is 5.41 Å². The Kier molecular flexibility index (Phi) is 8.66. The molecule has 18 rings (SSSR count). The molecule has 5 heterocycles. The molecule has 79 heavy (non-hydrogen) atoms. The normalized spacial score (nSPS) is 14.6. The Morgan fingerprint density at radius 1 is 0.342 bits per heavy atom. The number of fused-ring (bicyclic) bond motifs is 19. The van der Waals surface area contributed by atoms with E-state index in [1.165, 1.54) is 64.3 Å². The standard InChI is InChI=1S/C72H42N6S/c1-2-22-47(23-3-1)76-61-34-14-11-30-56(61)72(55-29-10-6-24-48(55)51-28-16-20-44-21-17-31-57(72)66(44)51)58-41-54-50-26-8-12-32-59(50)77(62(54)42-63(58)76)70-73-69(46-37-36-43-18-4-5-19-45(43)40-46)74-71(75-70)78-60-33-13-7-25-49(60)52-38-39-65-67(68(52)78)53-27-9-15-35-64(53)79-65/h1-42H. The van der Waals surface area contributed by atoms with Gasteiger partial charge in [-0.05, 0) is 116 Å². The van der Waals surface area contributed by atoms with Crippen LogP contribution in [0.3, 0.4) is 0 Å². The highest BCUT2D eigenvalue weighted by Gasteiger charge is 2.50. The molecule has 0 bridgehead atoms. The highest BCUT2D eigenvalue weighted by molar-refractivity contribution is 7.26. The summed E-state index contributed by atoms with van der Waals surface area (Å²) in [7, 11) is 0. The van der Waals surface area contributed by atoms with Crippen LogP contribution in [0, 0.1) is 0 Å². The van der Waals surface area contributed by atoms with Gasteiger partial charge in [0.15, 0.2) is 5.82 Å². The second-order valence-electron chi connectivity index (χ2n) is 21.0. The largest absolute Gasteiger partial charge is 0.310 e. The summed E-state index contributed by atoms with van der Waals surface area (Å²) >= 11 is 1.83. The van der Waals surface area contributed by atoms with E-state index in [9.17, 15) is 0 Å². The first-order valence-corrected chi connectivity index (χ1v) is 27.7. The van der Waals surface area contributed by atoms with Crippen molar-refractivity contribution in [3.63, 3.8) is 0 Å². The smallest absolute Gasteiger partial charge is 0.240 e. The van der Waals surface area contributed by atoms with Crippen molar-refractivity contribution in [2.75, 3.05) is 4.90 Å². The van der Waals surface area contributed by atoms with Crippen LogP contribution in [0.2, 0.25) is 0 Å². The average Bonchev–Trinajstić information content (AvgIpc) is 3.96. The van der Waals surface area contributed by atoms with Crippen molar-refractivity contribution >= 4 is 114 Å². The number of hydrogen-bond acceptors (Lipinski definition) is 5. The van der Waals surface area contributed by atoms with Gasteiger partial charge in [0.1, 0.15) is 0 Å². The first kappa shape index (κ1) is 43.0. The minimum absolute atomic E-state index is 0.534. The first-order valence-electron chi connectivity index (χ1n) is 26.9. The maximum Gasteiger partial charge on any atom is 0.240 e. The number of aromatic nitrogens is 5. The predicted octanol–water partition coefficient (Wildman–Crippen LogP) is 18.6. The molecule has 0 amide bonds. The molecular weight excluding hydrogens is 981 g/mol. The molecule has 1 aliphatic carbocycles. The monoisotopic (exact) mass is 1020 g/mol. The summed E-state index contributed by atoms with van der Waals surface area (Å²) in [5.41, 5.74) is 15.1. The number of thiophene rings is 1. The minimum atomic E-state index is -0.698. The molecule has 1 atom stereocenters. The van der Waals surface area contributed by atoms with E-state index in [-0.39, 0.29) is 0 Å². The predicted molar refractivity (Wildman–Crippen MR) is 327 cm³/mol. The maximum absolute atomic E-state index is 5.76. The Balaban J connectivity index is 0.992. The number of para-hydroxylation sites is 4. The fourth-order valence-corrected chi connectivity index (χ4v) is 15.1. The molecule has 0 N–H and O–H groups in total. The van der Waals surface area contributed by atoms with E-state index in [1.54, 1.807) is 0 Å². The van der Waals surface area contributed by atoms with E-state index in [1.807, 2.05) is 11.3 Å². The van der Waals surface area contributed by atoms with Crippen molar-refractivity contribution in [3.8, 4) is 34.4 Å². The van der Waals surface area contributed by atoms with Gasteiger partial charge in [-0.3, -0.25) is 9.13 Å². The van der Waals surface area contributed by atoms with Crippen molar-refractivity contribution in [2.24, 2.45) is 0 Å². The summed E-state index contributed by atoms with van der Waals surface area (Å²) in [5.74, 6) is 1.68. The third-order valence-electron chi connectivity index (χ3n) is 17.1. The number of benzene rings is 12. The van der Waals surface area contributed by atoms with Gasteiger partial charge in [-0.1, -0.05) is 194 Å². The summed E-state index contributed by atoms with van der Waals surface area (Å²) < 4.78 is 7.06. The Hall–Kier alpha value is -10.2. The van der Waals surface area contributed by atoms with Crippen LogP contribution in [0.15, 0.2) is 255 Å². The van der Waals surface area contributed by atoms with Gasteiger partial charge in [-0.25, -0.2) is 0 Å². The molecule has 1 unspecified atom stereocenters. The molecule has 1 aliphatic heterocycles. The molecule has 0 radical (unpaired) electrons. The molecule has 0 saturated heterocycles. The highest BCUT2D eigenvalue weighted by atomic mass is 32.1. The zero-order chi connectivity index (χ0) is 51.5. The van der Waals surface area contributed by atoms with Crippen molar-refractivity contribution < 1.29 is 0 Å². The van der Waals surface area contributed by atoms with Gasteiger partial charge >= 0.3 is 0 Å². The molecule has 7 heteroatoms. The lowest BCUT2D eigenvalue weighted by Crippen LogP contribution is -2.39. The van der Waals surface area contributed by atoms with Crippen LogP contribution >= 0.6 is 11.3 Å².